The van der Waals surface area contributed by atoms with Gasteiger partial charge in [0, 0.05) is 24.3 Å². The predicted octanol–water partition coefficient (Wildman–Crippen LogP) is 3.17. The minimum atomic E-state index is 0.209. The van der Waals surface area contributed by atoms with E-state index >= 15 is 0 Å². The van der Waals surface area contributed by atoms with Crippen molar-refractivity contribution in [3.8, 4) is 11.4 Å². The van der Waals surface area contributed by atoms with Gasteiger partial charge < -0.3 is 15.4 Å². The number of ether oxygens (including phenoxy) is 1. The third-order valence-corrected chi connectivity index (χ3v) is 5.92. The lowest BCUT2D eigenvalue weighted by Crippen LogP contribution is -2.42. The molecule has 174 valence electrons. The van der Waals surface area contributed by atoms with E-state index in [0.29, 0.717) is 6.54 Å². The molecule has 2 heterocycles. The van der Waals surface area contributed by atoms with Crippen LogP contribution in [-0.4, -0.2) is 58.9 Å². The zero-order chi connectivity index (χ0) is 22.9. The smallest absolute Gasteiger partial charge is 0.191 e. The van der Waals surface area contributed by atoms with E-state index in [0.717, 1.165) is 49.4 Å². The number of nitrogens with one attached hydrogen (secondary N) is 2. The summed E-state index contributed by atoms with van der Waals surface area (Å²) in [5.41, 5.74) is 2.23. The zero-order valence-corrected chi connectivity index (χ0v) is 19.4. The van der Waals surface area contributed by atoms with E-state index in [1.807, 2.05) is 47.0 Å². The molecule has 8 nitrogen and oxygen atoms in total. The summed E-state index contributed by atoms with van der Waals surface area (Å²) in [7, 11) is 1.74. The number of para-hydroxylation sites is 2. The van der Waals surface area contributed by atoms with Crippen LogP contribution in [0.3, 0.4) is 0 Å². The van der Waals surface area contributed by atoms with Gasteiger partial charge in [0.2, 0.25) is 0 Å². The summed E-state index contributed by atoms with van der Waals surface area (Å²) in [6.07, 6.45) is 4.19. The number of hydrogen-bond acceptors (Lipinski definition) is 5. The number of likely N-dealkylation sites (tertiary alicyclic amines) is 1. The fraction of sp³-hybridized carbons (Fsp3) is 0.400. The van der Waals surface area contributed by atoms with E-state index in [2.05, 4.69) is 44.8 Å². The van der Waals surface area contributed by atoms with E-state index in [1.165, 1.54) is 18.4 Å². The van der Waals surface area contributed by atoms with E-state index in [1.54, 1.807) is 13.4 Å². The summed E-state index contributed by atoms with van der Waals surface area (Å²) >= 11 is 0. The molecule has 2 N–H and O–H groups in total. The van der Waals surface area contributed by atoms with Crippen LogP contribution < -0.4 is 15.4 Å². The van der Waals surface area contributed by atoms with Crippen LogP contribution in [0.15, 0.2) is 65.9 Å². The van der Waals surface area contributed by atoms with Crippen LogP contribution in [0.5, 0.6) is 5.75 Å². The van der Waals surface area contributed by atoms with Gasteiger partial charge in [0.25, 0.3) is 0 Å². The molecular formula is C25H33N7O. The summed E-state index contributed by atoms with van der Waals surface area (Å²) in [5, 5.41) is 15.3. The molecule has 0 amide bonds. The molecule has 1 fully saturated rings. The van der Waals surface area contributed by atoms with Crippen molar-refractivity contribution in [3.05, 3.63) is 72.3 Å². The summed E-state index contributed by atoms with van der Waals surface area (Å²) in [6, 6.07) is 18.6. The van der Waals surface area contributed by atoms with Crippen LogP contribution in [0.25, 0.3) is 5.69 Å². The molecule has 2 aromatic carbocycles. The Bertz CT molecular complexity index is 1030. The van der Waals surface area contributed by atoms with Crippen LogP contribution in [0.2, 0.25) is 0 Å². The van der Waals surface area contributed by atoms with Gasteiger partial charge in [-0.05, 0) is 51.1 Å². The molecule has 1 aromatic heterocycles. The van der Waals surface area contributed by atoms with Crippen LogP contribution >= 0.6 is 0 Å². The quantitative estimate of drug-likeness (QED) is 0.387. The summed E-state index contributed by atoms with van der Waals surface area (Å²) in [4.78, 5) is 7.33. The fourth-order valence-electron chi connectivity index (χ4n) is 4.29. The van der Waals surface area contributed by atoms with Gasteiger partial charge >= 0.3 is 0 Å². The van der Waals surface area contributed by atoms with Gasteiger partial charge in [0.15, 0.2) is 11.8 Å². The molecule has 1 atom stereocenters. The summed E-state index contributed by atoms with van der Waals surface area (Å²) in [5.74, 6) is 2.48. The minimum Gasteiger partial charge on any atom is -0.496 e. The van der Waals surface area contributed by atoms with Crippen LogP contribution in [0.4, 0.5) is 0 Å². The lowest BCUT2D eigenvalue weighted by molar-refractivity contribution is 0.239. The second kappa shape index (κ2) is 11.5. The van der Waals surface area contributed by atoms with Crippen LogP contribution in [0.1, 0.15) is 37.2 Å². The van der Waals surface area contributed by atoms with Crippen molar-refractivity contribution in [1.82, 2.24) is 30.3 Å². The molecule has 1 unspecified atom stereocenters. The molecule has 0 spiro atoms. The number of aliphatic imine (C=N–C) groups is 1. The van der Waals surface area contributed by atoms with Gasteiger partial charge in [-0.25, -0.2) is 4.99 Å². The van der Waals surface area contributed by atoms with Crippen molar-refractivity contribution >= 4 is 5.96 Å². The van der Waals surface area contributed by atoms with Gasteiger partial charge in [-0.2, -0.15) is 0 Å². The van der Waals surface area contributed by atoms with Crippen molar-refractivity contribution in [2.45, 2.75) is 32.4 Å². The second-order valence-electron chi connectivity index (χ2n) is 8.03. The number of hydrogen-bond donors (Lipinski definition) is 2. The lowest BCUT2D eigenvalue weighted by Gasteiger charge is -2.30. The van der Waals surface area contributed by atoms with Crippen molar-refractivity contribution in [1.29, 1.82) is 0 Å². The Labute approximate surface area is 195 Å². The maximum absolute atomic E-state index is 5.67. The van der Waals surface area contributed by atoms with Crippen molar-refractivity contribution < 1.29 is 4.74 Å². The Morgan fingerprint density at radius 2 is 1.82 bits per heavy atom. The molecule has 4 rings (SSSR count). The van der Waals surface area contributed by atoms with Crippen molar-refractivity contribution in [3.63, 3.8) is 0 Å². The third-order valence-electron chi connectivity index (χ3n) is 5.92. The average molecular weight is 448 g/mol. The summed E-state index contributed by atoms with van der Waals surface area (Å²) < 4.78 is 7.64. The average Bonchev–Trinajstić information content (AvgIpc) is 3.56. The number of methoxy groups -OCH3 is 1. The first-order valence-corrected chi connectivity index (χ1v) is 11.6. The Morgan fingerprint density at radius 1 is 1.06 bits per heavy atom. The van der Waals surface area contributed by atoms with E-state index < -0.39 is 0 Å². The lowest BCUT2D eigenvalue weighted by atomic mass is 10.0. The van der Waals surface area contributed by atoms with E-state index in [9.17, 15) is 0 Å². The first kappa shape index (κ1) is 22.8. The largest absolute Gasteiger partial charge is 0.496 e. The number of guanidine groups is 1. The van der Waals surface area contributed by atoms with Gasteiger partial charge in [0.05, 0.1) is 13.2 Å². The van der Waals surface area contributed by atoms with Crippen LogP contribution in [-0.2, 0) is 6.54 Å². The molecule has 1 aliphatic rings. The minimum absolute atomic E-state index is 0.209. The van der Waals surface area contributed by atoms with Crippen molar-refractivity contribution in [2.75, 3.05) is 33.3 Å². The SMILES string of the molecule is CCNC(=NCc1nncn1-c1ccccc1)NCC(c1ccccc1OC)N1CCCC1. The first-order valence-electron chi connectivity index (χ1n) is 11.6. The zero-order valence-electron chi connectivity index (χ0n) is 19.4. The second-order valence-corrected chi connectivity index (χ2v) is 8.03. The molecule has 1 aliphatic heterocycles. The Morgan fingerprint density at radius 3 is 2.58 bits per heavy atom. The molecular weight excluding hydrogens is 414 g/mol. The number of aromatic nitrogens is 3. The monoisotopic (exact) mass is 447 g/mol. The number of benzene rings is 2. The highest BCUT2D eigenvalue weighted by atomic mass is 16.5. The normalized spacial score (nSPS) is 15.4. The van der Waals surface area contributed by atoms with Gasteiger partial charge in [0.1, 0.15) is 18.6 Å². The Kier molecular flexibility index (Phi) is 7.92. The molecule has 0 saturated carbocycles. The Balaban J connectivity index is 1.50. The van der Waals surface area contributed by atoms with Gasteiger partial charge in [-0.15, -0.1) is 10.2 Å². The van der Waals surface area contributed by atoms with Gasteiger partial charge in [-0.3, -0.25) is 9.47 Å². The van der Waals surface area contributed by atoms with Crippen LogP contribution in [0, 0.1) is 0 Å². The molecule has 0 radical (unpaired) electrons. The first-order chi connectivity index (χ1) is 16.3. The molecule has 0 aliphatic carbocycles. The van der Waals surface area contributed by atoms with Gasteiger partial charge in [-0.1, -0.05) is 36.4 Å². The highest BCUT2D eigenvalue weighted by Gasteiger charge is 2.26. The highest BCUT2D eigenvalue weighted by molar-refractivity contribution is 5.79. The molecule has 1 saturated heterocycles. The Hall–Kier alpha value is -3.39. The predicted molar refractivity (Wildman–Crippen MR) is 131 cm³/mol. The maximum atomic E-state index is 5.67. The number of rotatable bonds is 9. The molecule has 33 heavy (non-hydrogen) atoms. The fourth-order valence-corrected chi connectivity index (χ4v) is 4.29. The summed E-state index contributed by atoms with van der Waals surface area (Å²) in [6.45, 7) is 6.20. The maximum Gasteiger partial charge on any atom is 0.191 e. The highest BCUT2D eigenvalue weighted by Crippen LogP contribution is 2.31. The van der Waals surface area contributed by atoms with E-state index in [4.69, 9.17) is 9.73 Å². The topological polar surface area (TPSA) is 79.6 Å². The molecule has 8 heteroatoms. The molecule has 0 bridgehead atoms. The van der Waals surface area contributed by atoms with Crippen molar-refractivity contribution in [2.24, 2.45) is 4.99 Å². The molecule has 3 aromatic rings. The standard InChI is InChI=1S/C25H33N7O/c1-3-26-25(28-18-24-30-29-19-32(24)20-11-5-4-6-12-20)27-17-22(31-15-9-10-16-31)21-13-7-8-14-23(21)33-2/h4-8,11-14,19,22H,3,9-10,15-18H2,1-2H3,(H2,26,27,28). The number of nitrogens with zero attached hydrogens (tertiary/aromatic N) is 5. The van der Waals surface area contributed by atoms with E-state index in [-0.39, 0.29) is 6.04 Å². The third kappa shape index (κ3) is 5.70.